The number of carbonyl (C=O) groups excluding carboxylic acids is 2. The summed E-state index contributed by atoms with van der Waals surface area (Å²) in [7, 11) is 0. The molecule has 2 N–H and O–H groups in total. The highest BCUT2D eigenvalue weighted by Crippen LogP contribution is 2.40. The lowest BCUT2D eigenvalue weighted by Crippen LogP contribution is -2.29. The van der Waals surface area contributed by atoms with E-state index in [9.17, 15) is 9.59 Å². The number of rotatable bonds is 3. The molecule has 7 heteroatoms. The van der Waals surface area contributed by atoms with Crippen LogP contribution in [-0.4, -0.2) is 29.5 Å². The number of hydrogen-bond donors (Lipinski definition) is 2. The molecule has 2 aromatic carbocycles. The van der Waals surface area contributed by atoms with E-state index in [1.807, 2.05) is 30.5 Å². The van der Waals surface area contributed by atoms with Crippen molar-refractivity contribution in [3.05, 3.63) is 71.9 Å². The van der Waals surface area contributed by atoms with Gasteiger partial charge in [-0.2, -0.15) is 0 Å². The first kappa shape index (κ1) is 19.0. The quantitative estimate of drug-likeness (QED) is 0.483. The molecule has 4 aromatic rings. The minimum absolute atomic E-state index is 0.0151. The van der Waals surface area contributed by atoms with Crippen LogP contribution in [0.1, 0.15) is 30.0 Å². The van der Waals surface area contributed by atoms with Gasteiger partial charge in [0.2, 0.25) is 0 Å². The molecule has 2 aliphatic rings. The highest BCUT2D eigenvalue weighted by molar-refractivity contribution is 6.50. The van der Waals surface area contributed by atoms with Crippen molar-refractivity contribution in [2.45, 2.75) is 18.9 Å². The first-order valence-electron chi connectivity index (χ1n) is 10.7. The predicted octanol–water partition coefficient (Wildman–Crippen LogP) is 4.02. The number of aromatic nitrogens is 1. The van der Waals surface area contributed by atoms with Crippen LogP contribution in [0.4, 0.5) is 4.39 Å². The maximum Gasteiger partial charge on any atom is 0.259 e. The SMILES string of the molecule is O=C1NC(=O)C(c2c(F)ccc3ccoc23)=C1c1cn(C2CCNCC2)c2ccccc12. The summed E-state index contributed by atoms with van der Waals surface area (Å²) in [5, 5.41) is 7.27. The summed E-state index contributed by atoms with van der Waals surface area (Å²) in [5.74, 6) is -1.75. The Balaban J connectivity index is 1.65. The Morgan fingerprint density at radius 3 is 2.59 bits per heavy atom. The molecule has 6 rings (SSSR count). The number of fused-ring (bicyclic) bond motifs is 2. The average Bonchev–Trinajstić information content (AvgIpc) is 3.50. The Morgan fingerprint density at radius 1 is 0.969 bits per heavy atom. The first-order chi connectivity index (χ1) is 15.6. The Hall–Kier alpha value is -3.71. The summed E-state index contributed by atoms with van der Waals surface area (Å²) < 4.78 is 22.8. The lowest BCUT2D eigenvalue weighted by molar-refractivity contribution is -0.122. The van der Waals surface area contributed by atoms with Crippen molar-refractivity contribution in [1.29, 1.82) is 0 Å². The second kappa shape index (κ2) is 7.17. The van der Waals surface area contributed by atoms with Gasteiger partial charge >= 0.3 is 0 Å². The summed E-state index contributed by atoms with van der Waals surface area (Å²) in [6.45, 7) is 1.84. The molecule has 1 saturated heterocycles. The van der Waals surface area contributed by atoms with Crippen LogP contribution in [0.5, 0.6) is 0 Å². The van der Waals surface area contributed by atoms with Gasteiger partial charge in [0.25, 0.3) is 11.8 Å². The van der Waals surface area contributed by atoms with Gasteiger partial charge in [-0.05, 0) is 50.2 Å². The third-order valence-corrected chi connectivity index (χ3v) is 6.46. The molecule has 0 bridgehead atoms. The van der Waals surface area contributed by atoms with Gasteiger partial charge in [0.15, 0.2) is 0 Å². The third kappa shape index (κ3) is 2.74. The van der Waals surface area contributed by atoms with Crippen LogP contribution in [0.2, 0.25) is 0 Å². The fraction of sp³-hybridized carbons (Fsp3) is 0.200. The van der Waals surface area contributed by atoms with E-state index in [0.717, 1.165) is 36.8 Å². The van der Waals surface area contributed by atoms with Crippen molar-refractivity contribution < 1.29 is 18.4 Å². The lowest BCUT2D eigenvalue weighted by Gasteiger charge is -2.25. The van der Waals surface area contributed by atoms with Crippen molar-refractivity contribution in [3.63, 3.8) is 0 Å². The largest absolute Gasteiger partial charge is 0.464 e. The summed E-state index contributed by atoms with van der Waals surface area (Å²) in [6, 6.07) is 12.7. The van der Waals surface area contributed by atoms with E-state index < -0.39 is 17.6 Å². The zero-order valence-corrected chi connectivity index (χ0v) is 17.2. The monoisotopic (exact) mass is 429 g/mol. The molecule has 0 aliphatic carbocycles. The minimum Gasteiger partial charge on any atom is -0.464 e. The molecule has 0 saturated carbocycles. The minimum atomic E-state index is -0.619. The van der Waals surface area contributed by atoms with Gasteiger partial charge in [-0.3, -0.25) is 14.9 Å². The van der Waals surface area contributed by atoms with E-state index >= 15 is 4.39 Å². The van der Waals surface area contributed by atoms with E-state index in [2.05, 4.69) is 15.2 Å². The molecule has 1 fully saturated rings. The van der Waals surface area contributed by atoms with E-state index in [0.29, 0.717) is 10.9 Å². The summed E-state index contributed by atoms with van der Waals surface area (Å²) in [5.41, 5.74) is 2.09. The van der Waals surface area contributed by atoms with Crippen molar-refractivity contribution in [2.75, 3.05) is 13.1 Å². The molecular formula is C25H20FN3O3. The average molecular weight is 429 g/mol. The van der Waals surface area contributed by atoms with Gasteiger partial charge in [0.1, 0.15) is 11.4 Å². The Labute approximate surface area is 182 Å². The summed E-state index contributed by atoms with van der Waals surface area (Å²) in [4.78, 5) is 25.9. The van der Waals surface area contributed by atoms with Gasteiger partial charge in [0, 0.05) is 34.1 Å². The number of halogens is 1. The smallest absolute Gasteiger partial charge is 0.259 e. The molecule has 6 nitrogen and oxygen atoms in total. The van der Waals surface area contributed by atoms with Crippen LogP contribution in [0.15, 0.2) is 59.3 Å². The van der Waals surface area contributed by atoms with E-state index in [4.69, 9.17) is 4.42 Å². The predicted molar refractivity (Wildman–Crippen MR) is 119 cm³/mol. The van der Waals surface area contributed by atoms with Crippen molar-refractivity contribution in [2.24, 2.45) is 0 Å². The molecule has 0 spiro atoms. The van der Waals surface area contributed by atoms with Crippen molar-refractivity contribution >= 4 is 44.8 Å². The molecule has 4 heterocycles. The molecule has 2 amide bonds. The summed E-state index contributed by atoms with van der Waals surface area (Å²) in [6.07, 6.45) is 5.32. The van der Waals surface area contributed by atoms with Gasteiger partial charge in [0.05, 0.1) is 23.0 Å². The number of piperidine rings is 1. The van der Waals surface area contributed by atoms with Crippen molar-refractivity contribution in [3.8, 4) is 0 Å². The van der Waals surface area contributed by atoms with Crippen LogP contribution < -0.4 is 10.6 Å². The topological polar surface area (TPSA) is 76.3 Å². The van der Waals surface area contributed by atoms with Gasteiger partial charge in [-0.25, -0.2) is 4.39 Å². The second-order valence-corrected chi connectivity index (χ2v) is 8.24. The molecular weight excluding hydrogens is 409 g/mol. The highest BCUT2D eigenvalue weighted by Gasteiger charge is 2.37. The number of carbonyl (C=O) groups is 2. The molecule has 32 heavy (non-hydrogen) atoms. The molecule has 2 aliphatic heterocycles. The zero-order valence-electron chi connectivity index (χ0n) is 17.2. The maximum atomic E-state index is 15.1. The number of para-hydroxylation sites is 1. The Bertz CT molecular complexity index is 1440. The molecule has 0 atom stereocenters. The number of imide groups is 1. The van der Waals surface area contributed by atoms with Crippen LogP contribution >= 0.6 is 0 Å². The van der Waals surface area contributed by atoms with Gasteiger partial charge < -0.3 is 14.3 Å². The van der Waals surface area contributed by atoms with Gasteiger partial charge in [-0.1, -0.05) is 18.2 Å². The number of nitrogens with zero attached hydrogens (tertiary/aromatic N) is 1. The fourth-order valence-electron chi connectivity index (χ4n) is 4.98. The number of hydrogen-bond acceptors (Lipinski definition) is 4. The summed E-state index contributed by atoms with van der Waals surface area (Å²) >= 11 is 0. The molecule has 160 valence electrons. The number of nitrogens with one attached hydrogen (secondary N) is 2. The second-order valence-electron chi connectivity index (χ2n) is 8.24. The van der Waals surface area contributed by atoms with E-state index in [1.165, 1.54) is 12.3 Å². The zero-order chi connectivity index (χ0) is 21.8. The van der Waals surface area contributed by atoms with Crippen molar-refractivity contribution in [1.82, 2.24) is 15.2 Å². The number of amides is 2. The van der Waals surface area contributed by atoms with Crippen LogP contribution in [0.25, 0.3) is 33.0 Å². The molecule has 2 aromatic heterocycles. The molecule has 0 radical (unpaired) electrons. The van der Waals surface area contributed by atoms with E-state index in [-0.39, 0.29) is 28.3 Å². The maximum absolute atomic E-state index is 15.1. The highest BCUT2D eigenvalue weighted by atomic mass is 19.1. The first-order valence-corrected chi connectivity index (χ1v) is 10.7. The Kier molecular flexibility index (Phi) is 4.26. The lowest BCUT2D eigenvalue weighted by atomic mass is 9.94. The van der Waals surface area contributed by atoms with Crippen LogP contribution in [0, 0.1) is 5.82 Å². The van der Waals surface area contributed by atoms with E-state index in [1.54, 1.807) is 12.1 Å². The van der Waals surface area contributed by atoms with Gasteiger partial charge in [-0.15, -0.1) is 0 Å². The standard InChI is InChI=1S/C25H20FN3O3/c26-18-6-5-14-9-12-32-23(14)21(18)22-20(24(30)28-25(22)31)17-13-29(15-7-10-27-11-8-15)19-4-2-1-3-16(17)19/h1-6,9,12-13,15,27H,7-8,10-11H2,(H,28,30,31). The number of benzene rings is 2. The third-order valence-electron chi connectivity index (χ3n) is 6.46. The molecule has 0 unspecified atom stereocenters. The van der Waals surface area contributed by atoms with Crippen LogP contribution in [-0.2, 0) is 9.59 Å². The van der Waals surface area contributed by atoms with Crippen LogP contribution in [0.3, 0.4) is 0 Å². The normalized spacial score (nSPS) is 17.7. The Morgan fingerprint density at radius 2 is 1.75 bits per heavy atom. The fourth-order valence-corrected chi connectivity index (χ4v) is 4.98. The number of furan rings is 1.